The molecule has 3 heterocycles. The van der Waals surface area contributed by atoms with E-state index in [2.05, 4.69) is 192 Å². The molecule has 1 aromatic heterocycles. The van der Waals surface area contributed by atoms with Crippen LogP contribution in [0.4, 0.5) is 17.1 Å². The zero-order valence-corrected chi connectivity index (χ0v) is 31.8. The molecular weight excluding hydrogens is 701 g/mol. The molecule has 0 spiro atoms. The molecule has 268 valence electrons. The summed E-state index contributed by atoms with van der Waals surface area (Å²) in [5.74, 6) is 0. The van der Waals surface area contributed by atoms with Gasteiger partial charge in [0, 0.05) is 44.4 Å². The maximum atomic E-state index is 10.0. The first-order chi connectivity index (χ1) is 28.7. The minimum Gasteiger partial charge on any atom is -0.375 e. The first-order valence-electron chi connectivity index (χ1n) is 19.9. The molecule has 0 atom stereocenters. The Morgan fingerprint density at radius 1 is 0.517 bits per heavy atom. The Labute approximate surface area is 337 Å². The van der Waals surface area contributed by atoms with Crippen molar-refractivity contribution in [2.24, 2.45) is 0 Å². The lowest BCUT2D eigenvalue weighted by Gasteiger charge is -2.41. The summed E-state index contributed by atoms with van der Waals surface area (Å²) < 4.78 is 2.64. The third-order valence-electron chi connectivity index (χ3n) is 12.5. The van der Waals surface area contributed by atoms with Gasteiger partial charge >= 0.3 is 6.85 Å². The Hall–Kier alpha value is -7.61. The van der Waals surface area contributed by atoms with Crippen LogP contribution in [0.1, 0.15) is 11.1 Å². The zero-order chi connectivity index (χ0) is 38.5. The predicted molar refractivity (Wildman–Crippen MR) is 243 cm³/mol. The molecular formula is C54H34BN3. The summed E-state index contributed by atoms with van der Waals surface area (Å²) in [6, 6.07) is 70.6. The van der Waals surface area contributed by atoms with Crippen molar-refractivity contribution in [3.05, 3.63) is 199 Å². The van der Waals surface area contributed by atoms with Crippen molar-refractivity contribution in [1.29, 1.82) is 5.26 Å². The van der Waals surface area contributed by atoms with E-state index in [0.717, 1.165) is 39.3 Å². The van der Waals surface area contributed by atoms with Crippen LogP contribution in [0.3, 0.4) is 0 Å². The van der Waals surface area contributed by atoms with E-state index in [4.69, 9.17) is 0 Å². The van der Waals surface area contributed by atoms with Crippen molar-refractivity contribution in [3.8, 4) is 50.6 Å². The highest BCUT2D eigenvalue weighted by Crippen LogP contribution is 2.50. The van der Waals surface area contributed by atoms with Crippen molar-refractivity contribution in [2.75, 3.05) is 4.90 Å². The second kappa shape index (κ2) is 12.5. The van der Waals surface area contributed by atoms with Gasteiger partial charge in [0.1, 0.15) is 0 Å². The van der Waals surface area contributed by atoms with Crippen LogP contribution < -0.4 is 15.8 Å². The summed E-state index contributed by atoms with van der Waals surface area (Å²) in [6.07, 6.45) is 0. The third kappa shape index (κ3) is 4.62. The van der Waals surface area contributed by atoms with Gasteiger partial charge < -0.3 is 9.38 Å². The monoisotopic (exact) mass is 735 g/mol. The Bertz CT molecular complexity index is 3320. The van der Waals surface area contributed by atoms with Gasteiger partial charge in [0.15, 0.2) is 0 Å². The number of nitriles is 1. The first kappa shape index (κ1) is 32.6. The summed E-state index contributed by atoms with van der Waals surface area (Å²) in [5, 5.41) is 15.1. The number of hydrogen-bond donors (Lipinski definition) is 0. The van der Waals surface area contributed by atoms with Gasteiger partial charge in [0.05, 0.1) is 11.6 Å². The van der Waals surface area contributed by atoms with E-state index in [1.54, 1.807) is 0 Å². The Morgan fingerprint density at radius 3 is 1.97 bits per heavy atom. The third-order valence-corrected chi connectivity index (χ3v) is 12.5. The molecule has 10 aromatic rings. The highest BCUT2D eigenvalue weighted by atomic mass is 15.2. The minimum atomic E-state index is -0.0717. The molecule has 0 aliphatic carbocycles. The fraction of sp³-hybridized carbons (Fsp3) is 0.0185. The van der Waals surface area contributed by atoms with Crippen molar-refractivity contribution < 1.29 is 0 Å². The number of fused-ring (bicyclic) bond motifs is 9. The van der Waals surface area contributed by atoms with Crippen LogP contribution in [0, 0.1) is 18.3 Å². The van der Waals surface area contributed by atoms with Gasteiger partial charge in [0.2, 0.25) is 0 Å². The van der Waals surface area contributed by atoms with Crippen molar-refractivity contribution in [2.45, 2.75) is 6.92 Å². The maximum absolute atomic E-state index is 10.0. The van der Waals surface area contributed by atoms with Gasteiger partial charge in [-0.15, -0.1) is 0 Å². The van der Waals surface area contributed by atoms with Gasteiger partial charge in [-0.2, -0.15) is 5.26 Å². The molecule has 58 heavy (non-hydrogen) atoms. The number of rotatable bonds is 4. The summed E-state index contributed by atoms with van der Waals surface area (Å²) in [4.78, 5) is 2.51. The van der Waals surface area contributed by atoms with Crippen molar-refractivity contribution in [1.82, 2.24) is 4.48 Å². The quantitative estimate of drug-likeness (QED) is 0.169. The molecule has 0 amide bonds. The van der Waals surface area contributed by atoms with Crippen LogP contribution >= 0.6 is 0 Å². The molecule has 12 rings (SSSR count). The topological polar surface area (TPSA) is 32.0 Å². The Balaban J connectivity index is 1.24. The van der Waals surface area contributed by atoms with Crippen molar-refractivity contribution in [3.63, 3.8) is 0 Å². The molecule has 0 unspecified atom stereocenters. The van der Waals surface area contributed by atoms with E-state index in [0.29, 0.717) is 5.56 Å². The lowest BCUT2D eigenvalue weighted by atomic mass is 9.44. The van der Waals surface area contributed by atoms with Crippen LogP contribution in [0.2, 0.25) is 0 Å². The van der Waals surface area contributed by atoms with Gasteiger partial charge in [-0.1, -0.05) is 140 Å². The molecule has 0 radical (unpaired) electrons. The SMILES string of the molecule is Cc1c(-c2cccc(C#N)c2)cc2c3c1-c1cccc4c5c6ccccc6ccc5n(c14)B3c1ccccc1N2c1cc(-c2ccccc2)cc(-c2ccccc2)c1. The van der Waals surface area contributed by atoms with E-state index in [1.807, 2.05) is 18.2 Å². The summed E-state index contributed by atoms with van der Waals surface area (Å²) >= 11 is 0. The minimum absolute atomic E-state index is 0.0717. The molecule has 0 saturated heterocycles. The lowest BCUT2D eigenvalue weighted by molar-refractivity contribution is 1.25. The Kier molecular flexibility index (Phi) is 7.00. The molecule has 0 saturated carbocycles. The van der Waals surface area contributed by atoms with E-state index in [-0.39, 0.29) is 6.85 Å². The maximum Gasteiger partial charge on any atom is 0.333 e. The highest BCUT2D eigenvalue weighted by Gasteiger charge is 2.44. The second-order valence-electron chi connectivity index (χ2n) is 15.6. The van der Waals surface area contributed by atoms with Crippen LogP contribution in [0.15, 0.2) is 188 Å². The number of benzene rings is 9. The van der Waals surface area contributed by atoms with E-state index < -0.39 is 0 Å². The summed E-state index contributed by atoms with van der Waals surface area (Å²) in [5.41, 5.74) is 19.7. The van der Waals surface area contributed by atoms with Gasteiger partial charge in [-0.05, 0) is 122 Å². The van der Waals surface area contributed by atoms with Crippen LogP contribution in [0.25, 0.3) is 77.1 Å². The second-order valence-corrected chi connectivity index (χ2v) is 15.6. The first-order valence-corrected chi connectivity index (χ1v) is 19.9. The standard InChI is InChI=1S/C54H34BN3/c1-34-46(39-20-12-14-35(28-39)33-56)32-50-53-51(34)44-22-13-23-45-52-43-21-9-8-19-38(43)26-27-49(52)58(54(44)45)55(53)47-24-10-11-25-48(47)57(50)42-30-40(36-15-4-2-5-16-36)29-41(31-42)37-17-6-3-7-18-37/h2-32H,1H3. The molecule has 2 aliphatic heterocycles. The summed E-state index contributed by atoms with van der Waals surface area (Å²) in [6.45, 7) is 2.21. The Morgan fingerprint density at radius 2 is 1.19 bits per heavy atom. The fourth-order valence-electron chi connectivity index (χ4n) is 10.1. The molecule has 0 fully saturated rings. The number of aromatic nitrogens is 1. The average molecular weight is 736 g/mol. The fourth-order valence-corrected chi connectivity index (χ4v) is 10.1. The van der Waals surface area contributed by atoms with Crippen molar-refractivity contribution >= 4 is 67.4 Å². The molecule has 4 heteroatoms. The van der Waals surface area contributed by atoms with Crippen LogP contribution in [-0.2, 0) is 0 Å². The number of anilines is 3. The van der Waals surface area contributed by atoms with E-state index in [1.165, 1.54) is 71.3 Å². The van der Waals surface area contributed by atoms with E-state index in [9.17, 15) is 5.26 Å². The normalized spacial score (nSPS) is 12.5. The number of nitrogens with zero attached hydrogens (tertiary/aromatic N) is 3. The number of hydrogen-bond acceptors (Lipinski definition) is 2. The smallest absolute Gasteiger partial charge is 0.333 e. The predicted octanol–water partition coefficient (Wildman–Crippen LogP) is 12.5. The molecule has 0 bridgehead atoms. The van der Waals surface area contributed by atoms with Gasteiger partial charge in [-0.25, -0.2) is 0 Å². The van der Waals surface area contributed by atoms with Gasteiger partial charge in [-0.3, -0.25) is 0 Å². The molecule has 3 nitrogen and oxygen atoms in total. The average Bonchev–Trinajstić information content (AvgIpc) is 3.64. The van der Waals surface area contributed by atoms with Gasteiger partial charge in [0.25, 0.3) is 0 Å². The number of para-hydroxylation sites is 2. The zero-order valence-electron chi connectivity index (χ0n) is 31.8. The lowest BCUT2D eigenvalue weighted by Crippen LogP contribution is -2.56. The van der Waals surface area contributed by atoms with E-state index >= 15 is 0 Å². The highest BCUT2D eigenvalue weighted by molar-refractivity contribution is 6.90. The molecule has 2 aliphatic rings. The largest absolute Gasteiger partial charge is 0.375 e. The van der Waals surface area contributed by atoms with Crippen LogP contribution in [-0.4, -0.2) is 11.3 Å². The van der Waals surface area contributed by atoms with Crippen LogP contribution in [0.5, 0.6) is 0 Å². The molecule has 0 N–H and O–H groups in total. The molecule has 9 aromatic carbocycles. The summed E-state index contributed by atoms with van der Waals surface area (Å²) in [7, 11) is 0.